The maximum Gasteiger partial charge on any atom is 0.222 e. The maximum atomic E-state index is 6.01. The Balaban J connectivity index is 1.62. The smallest absolute Gasteiger partial charge is 0.222 e. The summed E-state index contributed by atoms with van der Waals surface area (Å²) in [5, 5.41) is 0. The van der Waals surface area contributed by atoms with E-state index in [1.54, 1.807) is 0 Å². The number of anilines is 2. The first kappa shape index (κ1) is 17.2. The fourth-order valence-electron chi connectivity index (χ4n) is 3.85. The van der Waals surface area contributed by atoms with E-state index in [1.807, 2.05) is 6.07 Å². The molecule has 0 unspecified atom stereocenters. The van der Waals surface area contributed by atoms with Crippen molar-refractivity contribution in [2.24, 2.45) is 0 Å². The molecule has 0 radical (unpaired) electrons. The summed E-state index contributed by atoms with van der Waals surface area (Å²) >= 11 is 0. The average Bonchev–Trinajstić information content (AvgIpc) is 3.22. The predicted octanol–water partition coefficient (Wildman–Crippen LogP) is 2.72. The van der Waals surface area contributed by atoms with Crippen LogP contribution in [0, 0.1) is 0 Å². The number of rotatable bonds is 4. The Morgan fingerprint density at radius 2 is 1.81 bits per heavy atom. The van der Waals surface area contributed by atoms with Crippen molar-refractivity contribution in [3.05, 3.63) is 35.9 Å². The van der Waals surface area contributed by atoms with E-state index in [0.29, 0.717) is 12.0 Å². The molecular weight excluding hydrogens is 326 g/mol. The zero-order valence-electron chi connectivity index (χ0n) is 15.4. The monoisotopic (exact) mass is 353 g/mol. The first-order valence-corrected chi connectivity index (χ1v) is 9.52. The number of ether oxygens (including phenoxy) is 1. The molecule has 26 heavy (non-hydrogen) atoms. The van der Waals surface area contributed by atoms with Crippen molar-refractivity contribution in [2.45, 2.75) is 25.8 Å². The lowest BCUT2D eigenvalue weighted by Gasteiger charge is -2.28. The van der Waals surface area contributed by atoms with Gasteiger partial charge in [0.25, 0.3) is 0 Å². The summed E-state index contributed by atoms with van der Waals surface area (Å²) in [5.41, 5.74) is 9.32. The summed E-state index contributed by atoms with van der Waals surface area (Å²) in [5.74, 6) is 1.20. The molecule has 2 N–H and O–H groups in total. The third kappa shape index (κ3) is 3.66. The molecule has 3 heterocycles. The van der Waals surface area contributed by atoms with Gasteiger partial charge in [-0.25, -0.2) is 4.98 Å². The number of hydrogen-bond donors (Lipinski definition) is 1. The van der Waals surface area contributed by atoms with Crippen LogP contribution in [0.4, 0.5) is 11.8 Å². The van der Waals surface area contributed by atoms with Crippen LogP contribution in [0.3, 0.4) is 0 Å². The molecule has 2 saturated heterocycles. The minimum absolute atomic E-state index is 0.321. The molecule has 1 aromatic heterocycles. The van der Waals surface area contributed by atoms with Gasteiger partial charge in [0, 0.05) is 30.8 Å². The molecule has 138 valence electrons. The molecule has 2 aromatic rings. The Bertz CT molecular complexity index is 754. The second kappa shape index (κ2) is 7.60. The van der Waals surface area contributed by atoms with E-state index >= 15 is 0 Å². The van der Waals surface area contributed by atoms with E-state index in [4.69, 9.17) is 10.5 Å². The van der Waals surface area contributed by atoms with Gasteiger partial charge in [0.15, 0.2) is 0 Å². The molecule has 0 amide bonds. The molecule has 6 heteroatoms. The zero-order valence-corrected chi connectivity index (χ0v) is 15.4. The molecule has 0 saturated carbocycles. The molecule has 2 aliphatic heterocycles. The number of nitrogens with zero attached hydrogens (tertiary/aromatic N) is 4. The fourth-order valence-corrected chi connectivity index (χ4v) is 3.85. The quantitative estimate of drug-likeness (QED) is 0.912. The normalized spacial score (nSPS) is 19.7. The summed E-state index contributed by atoms with van der Waals surface area (Å²) < 4.78 is 5.44. The molecule has 2 aliphatic rings. The fraction of sp³-hybridized carbons (Fsp3) is 0.500. The third-order valence-electron chi connectivity index (χ3n) is 5.42. The van der Waals surface area contributed by atoms with Gasteiger partial charge in [0.1, 0.15) is 5.82 Å². The van der Waals surface area contributed by atoms with Crippen LogP contribution in [-0.4, -0.2) is 54.3 Å². The highest BCUT2D eigenvalue weighted by Gasteiger charge is 2.20. The summed E-state index contributed by atoms with van der Waals surface area (Å²) in [4.78, 5) is 13.7. The Morgan fingerprint density at radius 3 is 2.58 bits per heavy atom. The Morgan fingerprint density at radius 1 is 1.04 bits per heavy atom. The molecule has 0 spiro atoms. The van der Waals surface area contributed by atoms with Crippen LogP contribution in [0.15, 0.2) is 30.3 Å². The van der Waals surface area contributed by atoms with Gasteiger partial charge < -0.3 is 15.4 Å². The van der Waals surface area contributed by atoms with Crippen LogP contribution in [0.25, 0.3) is 11.3 Å². The van der Waals surface area contributed by atoms with E-state index in [1.165, 1.54) is 31.5 Å². The van der Waals surface area contributed by atoms with E-state index in [9.17, 15) is 0 Å². The van der Waals surface area contributed by atoms with Crippen molar-refractivity contribution in [3.63, 3.8) is 0 Å². The summed E-state index contributed by atoms with van der Waals surface area (Å²) in [6.45, 7) is 7.78. The Hall–Kier alpha value is -2.18. The lowest BCUT2D eigenvalue weighted by molar-refractivity contribution is 0.122. The van der Waals surface area contributed by atoms with Crippen molar-refractivity contribution in [1.82, 2.24) is 14.9 Å². The second-order valence-corrected chi connectivity index (χ2v) is 7.11. The first-order chi connectivity index (χ1) is 12.7. The molecule has 4 rings (SSSR count). The van der Waals surface area contributed by atoms with Crippen LogP contribution in [0.5, 0.6) is 0 Å². The maximum absolute atomic E-state index is 6.01. The molecular formula is C20H27N5O. The van der Waals surface area contributed by atoms with Crippen molar-refractivity contribution in [1.29, 1.82) is 0 Å². The van der Waals surface area contributed by atoms with Crippen LogP contribution >= 0.6 is 0 Å². The topological polar surface area (TPSA) is 67.5 Å². The van der Waals surface area contributed by atoms with Gasteiger partial charge in [0.2, 0.25) is 5.95 Å². The van der Waals surface area contributed by atoms with E-state index in [2.05, 4.69) is 51.0 Å². The van der Waals surface area contributed by atoms with Crippen LogP contribution in [0.1, 0.15) is 31.4 Å². The van der Waals surface area contributed by atoms with Gasteiger partial charge in [-0.1, -0.05) is 18.2 Å². The molecule has 2 fully saturated rings. The van der Waals surface area contributed by atoms with Crippen molar-refractivity contribution in [3.8, 4) is 11.3 Å². The Kier molecular flexibility index (Phi) is 5.04. The molecule has 1 aromatic carbocycles. The number of benzene rings is 1. The highest BCUT2D eigenvalue weighted by atomic mass is 16.5. The van der Waals surface area contributed by atoms with Crippen LogP contribution in [0.2, 0.25) is 0 Å². The summed E-state index contributed by atoms with van der Waals surface area (Å²) in [7, 11) is 0. The van der Waals surface area contributed by atoms with E-state index < -0.39 is 0 Å². The van der Waals surface area contributed by atoms with Crippen molar-refractivity contribution >= 4 is 11.8 Å². The third-order valence-corrected chi connectivity index (χ3v) is 5.42. The second-order valence-electron chi connectivity index (χ2n) is 7.11. The SMILES string of the molecule is C[C@H](c1cccc(-c2cc(N3CCOCC3)nc(N)n2)c1)N1CCCC1. The summed E-state index contributed by atoms with van der Waals surface area (Å²) in [6.07, 6.45) is 2.60. The average molecular weight is 353 g/mol. The van der Waals surface area contributed by atoms with Gasteiger partial charge in [-0.15, -0.1) is 0 Å². The van der Waals surface area contributed by atoms with Crippen molar-refractivity contribution in [2.75, 3.05) is 50.0 Å². The number of hydrogen-bond acceptors (Lipinski definition) is 6. The van der Waals surface area contributed by atoms with Gasteiger partial charge >= 0.3 is 0 Å². The highest BCUT2D eigenvalue weighted by Crippen LogP contribution is 2.29. The number of nitrogen functional groups attached to an aromatic ring is 1. The van der Waals surface area contributed by atoms with Crippen LogP contribution < -0.4 is 10.6 Å². The van der Waals surface area contributed by atoms with Crippen molar-refractivity contribution < 1.29 is 4.74 Å². The lowest BCUT2D eigenvalue weighted by Crippen LogP contribution is -2.36. The van der Waals surface area contributed by atoms with Gasteiger partial charge in [-0.2, -0.15) is 4.98 Å². The highest BCUT2D eigenvalue weighted by molar-refractivity contribution is 5.65. The largest absolute Gasteiger partial charge is 0.378 e. The lowest BCUT2D eigenvalue weighted by atomic mass is 10.0. The molecule has 0 bridgehead atoms. The zero-order chi connectivity index (χ0) is 17.9. The van der Waals surface area contributed by atoms with Crippen LogP contribution in [-0.2, 0) is 4.74 Å². The van der Waals surface area contributed by atoms with Gasteiger partial charge in [0.05, 0.1) is 18.9 Å². The van der Waals surface area contributed by atoms with E-state index in [0.717, 1.165) is 43.4 Å². The number of nitrogens with two attached hydrogens (primary N) is 1. The van der Waals surface area contributed by atoms with E-state index in [-0.39, 0.29) is 0 Å². The molecule has 0 aliphatic carbocycles. The number of aromatic nitrogens is 2. The minimum atomic E-state index is 0.321. The number of likely N-dealkylation sites (tertiary alicyclic amines) is 1. The Labute approximate surface area is 155 Å². The minimum Gasteiger partial charge on any atom is -0.378 e. The molecule has 6 nitrogen and oxygen atoms in total. The van der Waals surface area contributed by atoms with Gasteiger partial charge in [-0.3, -0.25) is 4.90 Å². The number of morpholine rings is 1. The standard InChI is InChI=1S/C20H27N5O/c1-15(24-7-2-3-8-24)16-5-4-6-17(13-16)18-14-19(23-20(21)22-18)25-9-11-26-12-10-25/h4-6,13-15H,2-3,7-12H2,1H3,(H2,21,22,23)/t15-/m1/s1. The molecule has 1 atom stereocenters. The summed E-state index contributed by atoms with van der Waals surface area (Å²) in [6, 6.07) is 11.1. The predicted molar refractivity (Wildman–Crippen MR) is 104 cm³/mol. The first-order valence-electron chi connectivity index (χ1n) is 9.52. The van der Waals surface area contributed by atoms with Gasteiger partial charge in [-0.05, 0) is 44.5 Å².